The van der Waals surface area contributed by atoms with Crippen molar-refractivity contribution in [2.24, 2.45) is 0 Å². The Bertz CT molecular complexity index is 772. The van der Waals surface area contributed by atoms with Crippen molar-refractivity contribution < 1.29 is 19.1 Å². The van der Waals surface area contributed by atoms with Crippen LogP contribution >= 0.6 is 11.6 Å². The average molecular weight is 379 g/mol. The lowest BCUT2D eigenvalue weighted by atomic mass is 10.1. The van der Waals surface area contributed by atoms with E-state index < -0.39 is 5.97 Å². The summed E-state index contributed by atoms with van der Waals surface area (Å²) < 4.78 is 12.2. The molecule has 2 aromatic rings. The molecule has 1 heterocycles. The largest absolute Gasteiger partial charge is 0.496 e. The molecule has 0 spiro atoms. The number of carbonyl (C=O) groups excluding carboxylic acids is 2. The zero-order chi connectivity index (χ0) is 19.3. The van der Waals surface area contributed by atoms with Gasteiger partial charge in [0.25, 0.3) is 5.91 Å². The summed E-state index contributed by atoms with van der Waals surface area (Å²) in [4.78, 5) is 26.3. The van der Waals surface area contributed by atoms with E-state index >= 15 is 0 Å². The second-order valence-corrected chi connectivity index (χ2v) is 6.33. The fourth-order valence-electron chi connectivity index (χ4n) is 2.56. The number of aromatic nitrogens is 1. The molecule has 1 amide bonds. The van der Waals surface area contributed by atoms with Crippen LogP contribution in [0.1, 0.15) is 31.1 Å². The lowest BCUT2D eigenvalue weighted by Crippen LogP contribution is -2.41. The molecule has 0 fully saturated rings. The standard InChI is InChI=1S/C19H23ClN2O4/c1-5-26-18(23)12-22(13(2)3)19(24)14-10-15(20)16(11-17(14)25-4)21-8-6-7-9-21/h6-11,13H,5,12H2,1-4H3. The molecule has 140 valence electrons. The van der Waals surface area contributed by atoms with Gasteiger partial charge in [-0.1, -0.05) is 11.6 Å². The van der Waals surface area contributed by atoms with Crippen LogP contribution in [0, 0.1) is 0 Å². The first-order valence-corrected chi connectivity index (χ1v) is 8.74. The molecule has 7 heteroatoms. The van der Waals surface area contributed by atoms with E-state index in [1.165, 1.54) is 12.0 Å². The number of ether oxygens (including phenoxy) is 2. The molecule has 0 radical (unpaired) electrons. The van der Waals surface area contributed by atoms with Crippen molar-refractivity contribution in [2.45, 2.75) is 26.8 Å². The molecule has 2 rings (SSSR count). The predicted octanol–water partition coefficient (Wildman–Crippen LogP) is 3.55. The third-order valence-electron chi connectivity index (χ3n) is 3.87. The van der Waals surface area contributed by atoms with Gasteiger partial charge in [-0.2, -0.15) is 0 Å². The van der Waals surface area contributed by atoms with Crippen LogP contribution in [0.25, 0.3) is 5.69 Å². The van der Waals surface area contributed by atoms with Gasteiger partial charge in [-0.3, -0.25) is 9.59 Å². The SMILES string of the molecule is CCOC(=O)CN(C(=O)c1cc(Cl)c(-n2cccc2)cc1OC)C(C)C. The van der Waals surface area contributed by atoms with Gasteiger partial charge in [-0.15, -0.1) is 0 Å². The number of esters is 1. The minimum Gasteiger partial charge on any atom is -0.496 e. The summed E-state index contributed by atoms with van der Waals surface area (Å²) in [6, 6.07) is 6.83. The van der Waals surface area contributed by atoms with E-state index in [0.717, 1.165) is 0 Å². The summed E-state index contributed by atoms with van der Waals surface area (Å²) in [5.41, 5.74) is 0.998. The average Bonchev–Trinajstić information content (AvgIpc) is 3.13. The maximum absolute atomic E-state index is 13.0. The van der Waals surface area contributed by atoms with Crippen LogP contribution < -0.4 is 4.74 Å². The molecule has 0 unspecified atom stereocenters. The molecular weight excluding hydrogens is 356 g/mol. The quantitative estimate of drug-likeness (QED) is 0.691. The van der Waals surface area contributed by atoms with Gasteiger partial charge >= 0.3 is 5.97 Å². The predicted molar refractivity (Wildman–Crippen MR) is 100 cm³/mol. The summed E-state index contributed by atoms with van der Waals surface area (Å²) in [5, 5.41) is 0.408. The summed E-state index contributed by atoms with van der Waals surface area (Å²) in [6.07, 6.45) is 3.70. The van der Waals surface area contributed by atoms with E-state index in [1.807, 2.05) is 42.9 Å². The zero-order valence-electron chi connectivity index (χ0n) is 15.4. The minimum absolute atomic E-state index is 0.134. The molecule has 1 aromatic carbocycles. The van der Waals surface area contributed by atoms with Crippen LogP contribution in [0.5, 0.6) is 5.75 Å². The minimum atomic E-state index is -0.455. The molecule has 0 saturated carbocycles. The van der Waals surface area contributed by atoms with Crippen LogP contribution in [0.4, 0.5) is 0 Å². The second-order valence-electron chi connectivity index (χ2n) is 5.93. The van der Waals surface area contributed by atoms with Crippen LogP contribution in [0.2, 0.25) is 5.02 Å². The maximum atomic E-state index is 13.0. The highest BCUT2D eigenvalue weighted by Crippen LogP contribution is 2.31. The van der Waals surface area contributed by atoms with Crippen molar-refractivity contribution in [3.63, 3.8) is 0 Å². The lowest BCUT2D eigenvalue weighted by molar-refractivity contribution is -0.144. The Morgan fingerprint density at radius 2 is 1.88 bits per heavy atom. The summed E-state index contributed by atoms with van der Waals surface area (Å²) in [5.74, 6) is -0.410. The van der Waals surface area contributed by atoms with Crippen molar-refractivity contribution in [3.8, 4) is 11.4 Å². The fourth-order valence-corrected chi connectivity index (χ4v) is 2.82. The Labute approximate surface area is 158 Å². The van der Waals surface area contributed by atoms with Crippen LogP contribution in [-0.4, -0.2) is 47.6 Å². The molecule has 1 aromatic heterocycles. The first kappa shape index (κ1) is 19.8. The van der Waals surface area contributed by atoms with Crippen LogP contribution in [0.3, 0.4) is 0 Å². The van der Waals surface area contributed by atoms with E-state index in [9.17, 15) is 9.59 Å². The number of methoxy groups -OCH3 is 1. The number of carbonyl (C=O) groups is 2. The molecule has 0 saturated heterocycles. The third kappa shape index (κ3) is 4.38. The lowest BCUT2D eigenvalue weighted by Gasteiger charge is -2.26. The van der Waals surface area contributed by atoms with E-state index in [0.29, 0.717) is 22.0 Å². The number of benzene rings is 1. The summed E-state index contributed by atoms with van der Waals surface area (Å²) in [7, 11) is 1.49. The molecule has 26 heavy (non-hydrogen) atoms. The van der Waals surface area contributed by atoms with Gasteiger partial charge in [0, 0.05) is 24.5 Å². The van der Waals surface area contributed by atoms with E-state index in [1.54, 1.807) is 19.1 Å². The molecule has 0 atom stereocenters. The van der Waals surface area contributed by atoms with E-state index in [-0.39, 0.29) is 25.1 Å². The zero-order valence-corrected chi connectivity index (χ0v) is 16.1. The number of hydrogen-bond acceptors (Lipinski definition) is 4. The normalized spacial score (nSPS) is 10.7. The highest BCUT2D eigenvalue weighted by atomic mass is 35.5. The van der Waals surface area contributed by atoms with E-state index in [2.05, 4.69) is 0 Å². The number of amides is 1. The topological polar surface area (TPSA) is 60.8 Å². The second kappa shape index (κ2) is 8.76. The molecule has 0 aliphatic rings. The van der Waals surface area contributed by atoms with Gasteiger partial charge < -0.3 is 18.9 Å². The highest BCUT2D eigenvalue weighted by Gasteiger charge is 2.26. The molecule has 0 bridgehead atoms. The van der Waals surface area contributed by atoms with Crippen LogP contribution in [-0.2, 0) is 9.53 Å². The van der Waals surface area contributed by atoms with Crippen molar-refractivity contribution >= 4 is 23.5 Å². The van der Waals surface area contributed by atoms with Gasteiger partial charge in [-0.05, 0) is 39.0 Å². The smallest absolute Gasteiger partial charge is 0.325 e. The number of halogens is 1. The number of hydrogen-bond donors (Lipinski definition) is 0. The third-order valence-corrected chi connectivity index (χ3v) is 4.17. The van der Waals surface area contributed by atoms with Crippen molar-refractivity contribution in [2.75, 3.05) is 20.3 Å². The number of nitrogens with zero attached hydrogens (tertiary/aromatic N) is 2. The summed E-state index contributed by atoms with van der Waals surface area (Å²) >= 11 is 6.39. The first-order chi connectivity index (χ1) is 12.4. The van der Waals surface area contributed by atoms with Crippen molar-refractivity contribution in [1.29, 1.82) is 0 Å². The highest BCUT2D eigenvalue weighted by molar-refractivity contribution is 6.33. The van der Waals surface area contributed by atoms with Gasteiger partial charge in [0.15, 0.2) is 0 Å². The van der Waals surface area contributed by atoms with Crippen molar-refractivity contribution in [3.05, 3.63) is 47.2 Å². The van der Waals surface area contributed by atoms with Gasteiger partial charge in [0.2, 0.25) is 0 Å². The Hall–Kier alpha value is -2.47. The van der Waals surface area contributed by atoms with Crippen LogP contribution in [0.15, 0.2) is 36.7 Å². The molecular formula is C19H23ClN2O4. The Morgan fingerprint density at radius 1 is 1.23 bits per heavy atom. The fraction of sp³-hybridized carbons (Fsp3) is 0.368. The number of rotatable bonds is 7. The van der Waals surface area contributed by atoms with Crippen molar-refractivity contribution in [1.82, 2.24) is 9.47 Å². The Balaban J connectivity index is 2.40. The molecule has 6 nitrogen and oxygen atoms in total. The molecule has 0 aliphatic heterocycles. The Kier molecular flexibility index (Phi) is 6.69. The molecule has 0 aliphatic carbocycles. The first-order valence-electron chi connectivity index (χ1n) is 8.36. The van der Waals surface area contributed by atoms with Gasteiger partial charge in [0.05, 0.1) is 30.0 Å². The summed E-state index contributed by atoms with van der Waals surface area (Å²) in [6.45, 7) is 5.52. The van der Waals surface area contributed by atoms with Gasteiger partial charge in [-0.25, -0.2) is 0 Å². The van der Waals surface area contributed by atoms with E-state index in [4.69, 9.17) is 21.1 Å². The maximum Gasteiger partial charge on any atom is 0.325 e. The molecule has 0 N–H and O–H groups in total. The monoisotopic (exact) mass is 378 g/mol. The van der Waals surface area contributed by atoms with Gasteiger partial charge in [0.1, 0.15) is 12.3 Å². The Morgan fingerprint density at radius 3 is 2.42 bits per heavy atom.